The molecular formula is C15H20F3N3S2. The molecule has 1 aromatic rings. The molecule has 128 valence electrons. The van der Waals surface area contributed by atoms with Crippen LogP contribution in [0.1, 0.15) is 24.8 Å². The van der Waals surface area contributed by atoms with Gasteiger partial charge in [-0.15, -0.1) is 0 Å². The fraction of sp³-hybridized carbons (Fsp3) is 0.533. The van der Waals surface area contributed by atoms with Crippen molar-refractivity contribution in [3.05, 3.63) is 35.9 Å². The third-order valence-electron chi connectivity index (χ3n) is 3.81. The van der Waals surface area contributed by atoms with Gasteiger partial charge in [0.15, 0.2) is 0 Å². The average Bonchev–Trinajstić information content (AvgIpc) is 2.68. The van der Waals surface area contributed by atoms with Crippen LogP contribution in [-0.4, -0.2) is 46.2 Å². The molecule has 2 rings (SSSR count). The number of halogens is 3. The van der Waals surface area contributed by atoms with Crippen LogP contribution in [0, 0.1) is 0 Å². The van der Waals surface area contributed by atoms with E-state index in [1.54, 1.807) is 18.2 Å². The molecule has 23 heavy (non-hydrogen) atoms. The summed E-state index contributed by atoms with van der Waals surface area (Å²) in [6.45, 7) is 2.66. The molecule has 0 aliphatic carbocycles. The summed E-state index contributed by atoms with van der Waals surface area (Å²) in [5.74, 6) is 0. The van der Waals surface area contributed by atoms with Gasteiger partial charge in [-0.1, -0.05) is 42.5 Å². The molecule has 1 saturated heterocycles. The summed E-state index contributed by atoms with van der Waals surface area (Å²) in [4.78, 5) is 1.88. The largest absolute Gasteiger partial charge is 0.401 e. The first-order valence-electron chi connectivity index (χ1n) is 7.18. The van der Waals surface area contributed by atoms with Gasteiger partial charge in [0.25, 0.3) is 0 Å². The zero-order valence-corrected chi connectivity index (χ0v) is 14.9. The van der Waals surface area contributed by atoms with Crippen molar-refractivity contribution in [3.8, 4) is 0 Å². The maximum Gasteiger partial charge on any atom is 0.401 e. The van der Waals surface area contributed by atoms with E-state index in [0.29, 0.717) is 4.99 Å². The van der Waals surface area contributed by atoms with E-state index in [2.05, 4.69) is 5.32 Å². The van der Waals surface area contributed by atoms with E-state index in [1.165, 1.54) is 16.8 Å². The van der Waals surface area contributed by atoms with Gasteiger partial charge in [-0.3, -0.25) is 9.21 Å². The van der Waals surface area contributed by atoms with Crippen molar-refractivity contribution >= 4 is 29.2 Å². The molecule has 0 saturated carbocycles. The smallest absolute Gasteiger partial charge is 0.303 e. The Morgan fingerprint density at radius 3 is 2.43 bits per heavy atom. The van der Waals surface area contributed by atoms with Gasteiger partial charge in [0, 0.05) is 0 Å². The highest BCUT2D eigenvalue weighted by Gasteiger charge is 2.47. The average molecular weight is 363 g/mol. The van der Waals surface area contributed by atoms with Gasteiger partial charge < -0.3 is 5.32 Å². The zero-order chi connectivity index (χ0) is 17.3. The highest BCUT2D eigenvalue weighted by Crippen LogP contribution is 2.38. The number of thiocarbonyl (C=S) groups is 1. The van der Waals surface area contributed by atoms with E-state index in [0.717, 1.165) is 5.56 Å². The molecule has 1 atom stereocenters. The van der Waals surface area contributed by atoms with E-state index in [4.69, 9.17) is 12.2 Å². The third kappa shape index (κ3) is 4.37. The fourth-order valence-electron chi connectivity index (χ4n) is 2.42. The summed E-state index contributed by atoms with van der Waals surface area (Å²) in [7, 11) is 1.82. The van der Waals surface area contributed by atoms with E-state index >= 15 is 0 Å². The van der Waals surface area contributed by atoms with Crippen LogP contribution in [0.5, 0.6) is 0 Å². The van der Waals surface area contributed by atoms with Gasteiger partial charge in [0.2, 0.25) is 0 Å². The van der Waals surface area contributed by atoms with Crippen molar-refractivity contribution in [1.29, 1.82) is 0 Å². The summed E-state index contributed by atoms with van der Waals surface area (Å²) in [5, 5.41) is 3.10. The topological polar surface area (TPSA) is 18.5 Å². The monoisotopic (exact) mass is 363 g/mol. The van der Waals surface area contributed by atoms with Gasteiger partial charge in [0.05, 0.1) is 24.1 Å². The number of rotatable bonds is 5. The molecule has 1 fully saturated rings. The molecule has 1 heterocycles. The molecular weight excluding hydrogens is 343 g/mol. The summed E-state index contributed by atoms with van der Waals surface area (Å²) in [5.41, 5.74) is 0.252. The Morgan fingerprint density at radius 2 is 1.91 bits per heavy atom. The zero-order valence-electron chi connectivity index (χ0n) is 13.2. The van der Waals surface area contributed by atoms with Gasteiger partial charge >= 0.3 is 6.18 Å². The maximum atomic E-state index is 12.8. The van der Waals surface area contributed by atoms with Crippen LogP contribution in [0.2, 0.25) is 0 Å². The lowest BCUT2D eigenvalue weighted by atomic mass is 10.1. The quantitative estimate of drug-likeness (QED) is 0.486. The van der Waals surface area contributed by atoms with Gasteiger partial charge in [-0.05, 0) is 38.4 Å². The first-order chi connectivity index (χ1) is 10.6. The van der Waals surface area contributed by atoms with Crippen molar-refractivity contribution in [2.45, 2.75) is 30.9 Å². The number of nitrogens with zero attached hydrogens (tertiary/aromatic N) is 2. The minimum absolute atomic E-state index is 0.0733. The second-order valence-corrected chi connectivity index (χ2v) is 7.39. The van der Waals surface area contributed by atoms with Crippen LogP contribution in [-0.2, 0) is 0 Å². The molecule has 0 bridgehead atoms. The molecule has 1 aliphatic rings. The normalized spacial score (nSPS) is 20.1. The first-order valence-corrected chi connectivity index (χ1v) is 8.42. The lowest BCUT2D eigenvalue weighted by Crippen LogP contribution is -2.46. The van der Waals surface area contributed by atoms with Crippen LogP contribution in [0.4, 0.5) is 13.2 Å². The number of nitrogens with one attached hydrogen (secondary N) is 1. The fourth-order valence-corrected chi connectivity index (χ4v) is 3.90. The minimum atomic E-state index is -4.24. The Kier molecular flexibility index (Phi) is 5.60. The molecule has 8 heteroatoms. The van der Waals surface area contributed by atoms with Crippen LogP contribution in [0.3, 0.4) is 0 Å². The van der Waals surface area contributed by atoms with Gasteiger partial charge in [0.1, 0.15) is 4.99 Å². The molecule has 1 unspecified atom stereocenters. The highest BCUT2D eigenvalue weighted by molar-refractivity contribution is 7.98. The molecule has 0 amide bonds. The SMILES string of the molecule is CNC(SN1CN(CC(F)(F)F)C(C)(C)C1=S)c1ccccc1. The van der Waals surface area contributed by atoms with Crippen molar-refractivity contribution in [2.75, 3.05) is 20.3 Å². The molecule has 1 aromatic carbocycles. The lowest BCUT2D eigenvalue weighted by Gasteiger charge is -2.29. The predicted molar refractivity (Wildman–Crippen MR) is 92.0 cm³/mol. The molecule has 0 spiro atoms. The Bertz CT molecular complexity index is 549. The number of alkyl halides is 3. The Hall–Kier alpha value is -0.830. The summed E-state index contributed by atoms with van der Waals surface area (Å²) in [6, 6.07) is 9.75. The summed E-state index contributed by atoms with van der Waals surface area (Å²) < 4.78 is 40.1. The highest BCUT2D eigenvalue weighted by atomic mass is 32.2. The Balaban J connectivity index is 2.13. The Labute approximate surface area is 144 Å². The van der Waals surface area contributed by atoms with Crippen LogP contribution in [0.15, 0.2) is 30.3 Å². The standard InChI is InChI=1S/C15H20F3N3S2/c1-14(2)13(22)21(10-20(14)9-15(16,17)18)23-12(19-3)11-7-5-4-6-8-11/h4-8,12,19H,9-10H2,1-3H3. The Morgan fingerprint density at radius 1 is 1.30 bits per heavy atom. The number of benzene rings is 1. The molecule has 0 aromatic heterocycles. The summed E-state index contributed by atoms with van der Waals surface area (Å²) in [6.07, 6.45) is -4.24. The summed E-state index contributed by atoms with van der Waals surface area (Å²) >= 11 is 6.84. The second kappa shape index (κ2) is 6.96. The third-order valence-corrected chi connectivity index (χ3v) is 5.91. The molecule has 0 radical (unpaired) electrons. The van der Waals surface area contributed by atoms with E-state index in [1.807, 2.05) is 37.4 Å². The van der Waals surface area contributed by atoms with Crippen molar-refractivity contribution < 1.29 is 13.2 Å². The maximum absolute atomic E-state index is 12.8. The number of hydrogen-bond donors (Lipinski definition) is 1. The van der Waals surface area contributed by atoms with Gasteiger partial charge in [-0.25, -0.2) is 0 Å². The van der Waals surface area contributed by atoms with E-state index in [-0.39, 0.29) is 12.0 Å². The molecule has 3 nitrogen and oxygen atoms in total. The van der Waals surface area contributed by atoms with Crippen molar-refractivity contribution in [2.24, 2.45) is 0 Å². The van der Waals surface area contributed by atoms with Gasteiger partial charge in [-0.2, -0.15) is 13.2 Å². The van der Waals surface area contributed by atoms with Crippen LogP contribution < -0.4 is 5.32 Å². The number of hydrogen-bond acceptors (Lipinski definition) is 4. The lowest BCUT2D eigenvalue weighted by molar-refractivity contribution is -0.151. The van der Waals surface area contributed by atoms with E-state index in [9.17, 15) is 13.2 Å². The predicted octanol–water partition coefficient (Wildman–Crippen LogP) is 3.80. The van der Waals surface area contributed by atoms with Crippen LogP contribution >= 0.6 is 24.2 Å². The van der Waals surface area contributed by atoms with Crippen molar-refractivity contribution in [3.63, 3.8) is 0 Å². The minimum Gasteiger partial charge on any atom is -0.303 e. The second-order valence-electron chi connectivity index (χ2n) is 5.88. The first kappa shape index (κ1) is 18.5. The van der Waals surface area contributed by atoms with Crippen LogP contribution in [0.25, 0.3) is 0 Å². The van der Waals surface area contributed by atoms with Crippen molar-refractivity contribution in [1.82, 2.24) is 14.5 Å². The van der Waals surface area contributed by atoms with E-state index < -0.39 is 18.3 Å². The molecule has 1 aliphatic heterocycles. The molecule has 1 N–H and O–H groups in total.